The minimum absolute atomic E-state index is 0.0521. The van der Waals surface area contributed by atoms with Crippen LogP contribution in [-0.4, -0.2) is 58.3 Å². The highest BCUT2D eigenvalue weighted by Crippen LogP contribution is 2.31. The number of fused-ring (bicyclic) bond motifs is 1. The predicted molar refractivity (Wildman–Crippen MR) is 128 cm³/mol. The van der Waals surface area contributed by atoms with Crippen LogP contribution in [0.2, 0.25) is 5.02 Å². The molecular formula is C23H25BrClN5O2. The molecule has 1 unspecified atom stereocenters. The molecule has 0 radical (unpaired) electrons. The van der Waals surface area contributed by atoms with Gasteiger partial charge in [-0.25, -0.2) is 4.98 Å². The summed E-state index contributed by atoms with van der Waals surface area (Å²) < 4.78 is 8.02. The van der Waals surface area contributed by atoms with Gasteiger partial charge in [-0.3, -0.25) is 4.79 Å². The van der Waals surface area contributed by atoms with Crippen LogP contribution in [0.15, 0.2) is 41.0 Å². The largest absolute Gasteiger partial charge is 0.381 e. The lowest BCUT2D eigenvalue weighted by Crippen LogP contribution is -2.43. The number of anilines is 1. The van der Waals surface area contributed by atoms with Gasteiger partial charge in [0.25, 0.3) is 0 Å². The van der Waals surface area contributed by atoms with E-state index < -0.39 is 0 Å². The zero-order valence-electron chi connectivity index (χ0n) is 17.6. The summed E-state index contributed by atoms with van der Waals surface area (Å²) in [6, 6.07) is 9.70. The Balaban J connectivity index is 1.28. The van der Waals surface area contributed by atoms with Crippen LogP contribution in [0.1, 0.15) is 19.3 Å². The van der Waals surface area contributed by atoms with Crippen LogP contribution >= 0.6 is 27.5 Å². The van der Waals surface area contributed by atoms with Crippen molar-refractivity contribution in [2.45, 2.75) is 19.3 Å². The van der Waals surface area contributed by atoms with Gasteiger partial charge in [-0.05, 0) is 47.2 Å². The number of amides is 1. The molecule has 2 saturated heterocycles. The molecule has 9 heteroatoms. The molecule has 168 valence electrons. The van der Waals surface area contributed by atoms with Crippen LogP contribution < -0.4 is 5.32 Å². The monoisotopic (exact) mass is 517 g/mol. The summed E-state index contributed by atoms with van der Waals surface area (Å²) in [5.41, 5.74) is 2.42. The lowest BCUT2D eigenvalue weighted by Gasteiger charge is -2.33. The number of aromatic nitrogens is 3. The number of nitrogens with zero attached hydrogens (tertiary/aromatic N) is 4. The van der Waals surface area contributed by atoms with E-state index in [0.717, 1.165) is 66.1 Å². The van der Waals surface area contributed by atoms with Crippen molar-refractivity contribution < 1.29 is 9.53 Å². The maximum atomic E-state index is 12.6. The van der Waals surface area contributed by atoms with Gasteiger partial charge in [0, 0.05) is 42.9 Å². The number of ether oxygens (including phenoxy) is 1. The summed E-state index contributed by atoms with van der Waals surface area (Å²) >= 11 is 9.98. The minimum atomic E-state index is 0.0521. The fourth-order valence-corrected chi connectivity index (χ4v) is 5.04. The fraction of sp³-hybridized carbons (Fsp3) is 0.435. The summed E-state index contributed by atoms with van der Waals surface area (Å²) in [7, 11) is 0. The molecule has 1 atom stereocenters. The average Bonchev–Trinajstić information content (AvgIpc) is 3.48. The number of hydrogen-bond acceptors (Lipinski definition) is 5. The van der Waals surface area contributed by atoms with Gasteiger partial charge in [0.05, 0.1) is 28.9 Å². The van der Waals surface area contributed by atoms with Crippen molar-refractivity contribution in [3.63, 3.8) is 0 Å². The number of rotatable bonds is 5. The molecule has 1 N–H and O–H groups in total. The molecule has 2 aliphatic rings. The van der Waals surface area contributed by atoms with E-state index in [0.29, 0.717) is 24.2 Å². The summed E-state index contributed by atoms with van der Waals surface area (Å²) in [5.74, 6) is 1.67. The Bertz CT molecular complexity index is 1120. The lowest BCUT2D eigenvalue weighted by atomic mass is 9.95. The van der Waals surface area contributed by atoms with E-state index in [1.807, 2.05) is 39.7 Å². The zero-order valence-corrected chi connectivity index (χ0v) is 20.0. The second-order valence-electron chi connectivity index (χ2n) is 8.44. The Morgan fingerprint density at radius 3 is 2.81 bits per heavy atom. The number of likely N-dealkylation sites (tertiary alicyclic amines) is 1. The van der Waals surface area contributed by atoms with Gasteiger partial charge in [-0.2, -0.15) is 9.61 Å². The van der Waals surface area contributed by atoms with Crippen molar-refractivity contribution in [2.24, 2.45) is 11.8 Å². The zero-order chi connectivity index (χ0) is 22.1. The van der Waals surface area contributed by atoms with Crippen molar-refractivity contribution in [1.29, 1.82) is 0 Å². The van der Waals surface area contributed by atoms with E-state index in [2.05, 4.69) is 26.3 Å². The van der Waals surface area contributed by atoms with Gasteiger partial charge in [-0.15, -0.1) is 0 Å². The van der Waals surface area contributed by atoms with E-state index >= 15 is 0 Å². The van der Waals surface area contributed by atoms with Crippen LogP contribution in [-0.2, 0) is 9.53 Å². The third-order valence-electron chi connectivity index (χ3n) is 6.36. The second-order valence-corrected chi connectivity index (χ2v) is 9.71. The standard InChI is InChI=1S/C23H25BrClN5O2/c24-18-13-27-30-21(11-20(28-22(18)30)17-3-1-2-4-19(17)25)26-12-15-5-8-29(9-6-15)23(31)16-7-10-32-14-16/h1-4,11,13,15-16,26H,5-10,12,14H2. The van der Waals surface area contributed by atoms with E-state index in [1.54, 1.807) is 6.20 Å². The molecule has 5 rings (SSSR count). The molecule has 1 aromatic carbocycles. The lowest BCUT2D eigenvalue weighted by molar-refractivity contribution is -0.136. The number of nitrogens with one attached hydrogen (secondary N) is 1. The van der Waals surface area contributed by atoms with Crippen LogP contribution in [0, 0.1) is 11.8 Å². The van der Waals surface area contributed by atoms with Gasteiger partial charge in [0.15, 0.2) is 5.65 Å². The maximum Gasteiger partial charge on any atom is 0.228 e. The Labute approximate surface area is 200 Å². The number of carbonyl (C=O) groups excluding carboxylic acids is 1. The van der Waals surface area contributed by atoms with Crippen molar-refractivity contribution in [3.8, 4) is 11.3 Å². The van der Waals surface area contributed by atoms with Gasteiger partial charge < -0.3 is 15.0 Å². The SMILES string of the molecule is O=C(C1CCOC1)N1CCC(CNc2cc(-c3ccccc3Cl)nc3c(Br)cnn23)CC1. The van der Waals surface area contributed by atoms with Crippen molar-refractivity contribution in [3.05, 3.63) is 46.0 Å². The molecule has 3 aromatic rings. The molecule has 32 heavy (non-hydrogen) atoms. The smallest absolute Gasteiger partial charge is 0.228 e. The van der Waals surface area contributed by atoms with E-state index in [9.17, 15) is 4.79 Å². The first kappa shape index (κ1) is 21.7. The van der Waals surface area contributed by atoms with E-state index in [1.165, 1.54) is 0 Å². The van der Waals surface area contributed by atoms with Gasteiger partial charge in [-0.1, -0.05) is 29.8 Å². The molecule has 7 nitrogen and oxygen atoms in total. The average molecular weight is 519 g/mol. The molecule has 0 bridgehead atoms. The quantitative estimate of drug-likeness (QED) is 0.538. The van der Waals surface area contributed by atoms with Gasteiger partial charge in [0.1, 0.15) is 5.82 Å². The van der Waals surface area contributed by atoms with Gasteiger partial charge in [0.2, 0.25) is 5.91 Å². The Hall–Kier alpha value is -2.16. The maximum absolute atomic E-state index is 12.6. The van der Waals surface area contributed by atoms with Crippen molar-refractivity contribution in [1.82, 2.24) is 19.5 Å². The van der Waals surface area contributed by atoms with E-state index in [4.69, 9.17) is 21.3 Å². The highest BCUT2D eigenvalue weighted by atomic mass is 79.9. The molecule has 2 aromatic heterocycles. The normalized spacial score (nSPS) is 19.6. The molecule has 1 amide bonds. The molecule has 2 aliphatic heterocycles. The second kappa shape index (κ2) is 9.37. The molecule has 0 saturated carbocycles. The van der Waals surface area contributed by atoms with Crippen LogP contribution in [0.25, 0.3) is 16.9 Å². The summed E-state index contributed by atoms with van der Waals surface area (Å²) in [6.45, 7) is 3.72. The topological polar surface area (TPSA) is 71.8 Å². The van der Waals surface area contributed by atoms with Crippen molar-refractivity contribution in [2.75, 3.05) is 38.2 Å². The number of carbonyl (C=O) groups is 1. The first-order valence-electron chi connectivity index (χ1n) is 11.0. The van der Waals surface area contributed by atoms with Crippen molar-refractivity contribution >= 4 is 44.9 Å². The predicted octanol–water partition coefficient (Wildman–Crippen LogP) is 4.50. The summed E-state index contributed by atoms with van der Waals surface area (Å²) in [5, 5.41) is 8.70. The Morgan fingerprint density at radius 1 is 1.25 bits per heavy atom. The van der Waals surface area contributed by atoms with Crippen LogP contribution in [0.5, 0.6) is 0 Å². The number of benzene rings is 1. The molecular weight excluding hydrogens is 494 g/mol. The first-order valence-corrected chi connectivity index (χ1v) is 12.2. The molecule has 4 heterocycles. The van der Waals surface area contributed by atoms with Crippen LogP contribution in [0.4, 0.5) is 5.82 Å². The molecule has 2 fully saturated rings. The molecule has 0 aliphatic carbocycles. The third kappa shape index (κ3) is 4.36. The number of hydrogen-bond donors (Lipinski definition) is 1. The fourth-order valence-electron chi connectivity index (χ4n) is 4.46. The van der Waals surface area contributed by atoms with Gasteiger partial charge >= 0.3 is 0 Å². The minimum Gasteiger partial charge on any atom is -0.381 e. The number of halogens is 2. The number of piperidine rings is 1. The third-order valence-corrected chi connectivity index (χ3v) is 7.24. The highest BCUT2D eigenvalue weighted by Gasteiger charge is 2.30. The summed E-state index contributed by atoms with van der Waals surface area (Å²) in [6.07, 6.45) is 4.58. The summed E-state index contributed by atoms with van der Waals surface area (Å²) in [4.78, 5) is 19.4. The Morgan fingerprint density at radius 2 is 2.06 bits per heavy atom. The van der Waals surface area contributed by atoms with E-state index in [-0.39, 0.29) is 11.8 Å². The first-order chi connectivity index (χ1) is 15.6. The Kier molecular flexibility index (Phi) is 6.35. The van der Waals surface area contributed by atoms with Crippen LogP contribution in [0.3, 0.4) is 0 Å². The molecule has 0 spiro atoms. The highest BCUT2D eigenvalue weighted by molar-refractivity contribution is 9.10.